The van der Waals surface area contributed by atoms with E-state index in [-0.39, 0.29) is 11.0 Å². The highest BCUT2D eigenvalue weighted by atomic mass is 35.5. The number of carbonyl (C=O) groups is 1. The lowest BCUT2D eigenvalue weighted by Crippen LogP contribution is -2.32. The third-order valence-electron chi connectivity index (χ3n) is 3.31. The van der Waals surface area contributed by atoms with Crippen molar-refractivity contribution < 1.29 is 4.79 Å². The molecule has 2 N–H and O–H groups in total. The number of hydrogen-bond acceptors (Lipinski definition) is 4. The van der Waals surface area contributed by atoms with Gasteiger partial charge in [-0.15, -0.1) is 10.2 Å². The van der Waals surface area contributed by atoms with E-state index >= 15 is 0 Å². The maximum absolute atomic E-state index is 11.0. The minimum absolute atomic E-state index is 0.226. The zero-order valence-electron chi connectivity index (χ0n) is 13.0. The molecule has 0 aliphatic heterocycles. The van der Waals surface area contributed by atoms with Crippen molar-refractivity contribution in [3.63, 3.8) is 0 Å². The predicted molar refractivity (Wildman–Crippen MR) is 98.6 cm³/mol. The quantitative estimate of drug-likeness (QED) is 0.687. The second kappa shape index (κ2) is 6.54. The number of aryl methyl sites for hydroxylation is 1. The number of carbonyl (C=O) groups excluding carboxylic acids is 1. The first-order chi connectivity index (χ1) is 11.4. The van der Waals surface area contributed by atoms with E-state index in [9.17, 15) is 4.79 Å². The highest BCUT2D eigenvalue weighted by Crippen LogP contribution is 2.21. The van der Waals surface area contributed by atoms with Crippen LogP contribution in [0.3, 0.4) is 0 Å². The molecule has 0 aliphatic carbocycles. The Hall–Kier alpha value is -2.51. The van der Waals surface area contributed by atoms with Gasteiger partial charge in [-0.3, -0.25) is 4.79 Å². The first-order valence-corrected chi connectivity index (χ1v) is 7.93. The van der Waals surface area contributed by atoms with E-state index in [1.165, 1.54) is 11.7 Å². The van der Waals surface area contributed by atoms with Crippen molar-refractivity contribution in [2.75, 3.05) is 5.32 Å². The number of benzene rings is 2. The smallest absolute Gasteiger partial charge is 0.222 e. The molecule has 3 aromatic rings. The molecule has 8 heteroatoms. The summed E-state index contributed by atoms with van der Waals surface area (Å²) < 4.78 is 0. The summed E-state index contributed by atoms with van der Waals surface area (Å²) in [5, 5.41) is 15.2. The van der Waals surface area contributed by atoms with E-state index in [4.69, 9.17) is 23.8 Å². The van der Waals surface area contributed by atoms with Gasteiger partial charge in [0.05, 0.1) is 5.69 Å². The number of anilines is 1. The Balaban J connectivity index is 1.90. The maximum atomic E-state index is 11.0. The topological polar surface area (TPSA) is 71.8 Å². The number of thiocarbonyl (C=S) groups is 1. The number of amides is 1. The number of hydrogen-bond donors (Lipinski definition) is 2. The molecule has 3 rings (SSSR count). The molecule has 24 heavy (non-hydrogen) atoms. The molecule has 1 aromatic heterocycles. The van der Waals surface area contributed by atoms with Crippen LogP contribution >= 0.6 is 23.8 Å². The molecule has 0 radical (unpaired) electrons. The molecule has 0 spiro atoms. The predicted octanol–water partition coefficient (Wildman–Crippen LogP) is 3.22. The number of halogens is 1. The largest absolute Gasteiger partial charge is 0.332 e. The molecule has 0 unspecified atom stereocenters. The Morgan fingerprint density at radius 3 is 2.62 bits per heavy atom. The number of nitrogens with one attached hydrogen (secondary N) is 2. The van der Waals surface area contributed by atoms with Gasteiger partial charge in [-0.25, -0.2) is 0 Å². The standard InChI is InChI=1S/C16H14ClN5OS/c1-9-3-5-12(8-13(9)17)22-20-14-6-4-11(7-15(14)21-22)19-16(24)18-10(2)23/h3-8H,1-2H3,(H2,18,19,23,24). The van der Waals surface area contributed by atoms with Gasteiger partial charge >= 0.3 is 0 Å². The second-order valence-electron chi connectivity index (χ2n) is 5.26. The summed E-state index contributed by atoms with van der Waals surface area (Å²) in [4.78, 5) is 12.5. The van der Waals surface area contributed by atoms with Crippen LogP contribution in [-0.2, 0) is 4.79 Å². The van der Waals surface area contributed by atoms with Gasteiger partial charge in [0.25, 0.3) is 0 Å². The summed E-state index contributed by atoms with van der Waals surface area (Å²) in [5.74, 6) is -0.226. The fraction of sp³-hybridized carbons (Fsp3) is 0.125. The van der Waals surface area contributed by atoms with Crippen molar-refractivity contribution in [1.82, 2.24) is 20.3 Å². The Bertz CT molecular complexity index is 953. The normalized spacial score (nSPS) is 10.6. The van der Waals surface area contributed by atoms with Gasteiger partial charge in [0.2, 0.25) is 5.91 Å². The molecular formula is C16H14ClN5OS. The number of rotatable bonds is 2. The molecule has 0 bridgehead atoms. The fourth-order valence-corrected chi connectivity index (χ4v) is 2.57. The lowest BCUT2D eigenvalue weighted by atomic mass is 10.2. The Kier molecular flexibility index (Phi) is 4.46. The number of aromatic nitrogens is 3. The van der Waals surface area contributed by atoms with Crippen LogP contribution < -0.4 is 10.6 Å². The monoisotopic (exact) mass is 359 g/mol. The first-order valence-electron chi connectivity index (χ1n) is 7.14. The Morgan fingerprint density at radius 2 is 1.92 bits per heavy atom. The van der Waals surface area contributed by atoms with Crippen LogP contribution in [0.1, 0.15) is 12.5 Å². The molecular weight excluding hydrogens is 346 g/mol. The molecule has 0 fully saturated rings. The first kappa shape index (κ1) is 16.4. The highest BCUT2D eigenvalue weighted by molar-refractivity contribution is 7.80. The van der Waals surface area contributed by atoms with Gasteiger partial charge in [0.15, 0.2) is 5.11 Å². The number of fused-ring (bicyclic) bond motifs is 1. The van der Waals surface area contributed by atoms with Crippen LogP contribution in [0.25, 0.3) is 16.7 Å². The Labute approximate surface area is 148 Å². The lowest BCUT2D eigenvalue weighted by molar-refractivity contribution is -0.117. The third-order valence-corrected chi connectivity index (χ3v) is 3.93. The molecule has 1 heterocycles. The summed E-state index contributed by atoms with van der Waals surface area (Å²) in [6.45, 7) is 3.34. The molecule has 0 saturated heterocycles. The zero-order chi connectivity index (χ0) is 17.3. The van der Waals surface area contributed by atoms with Crippen LogP contribution in [0.15, 0.2) is 36.4 Å². The van der Waals surface area contributed by atoms with Gasteiger partial charge in [-0.1, -0.05) is 17.7 Å². The van der Waals surface area contributed by atoms with Crippen molar-refractivity contribution >= 4 is 51.6 Å². The van der Waals surface area contributed by atoms with Gasteiger partial charge in [0, 0.05) is 17.6 Å². The van der Waals surface area contributed by atoms with Gasteiger partial charge < -0.3 is 10.6 Å². The van der Waals surface area contributed by atoms with E-state index in [2.05, 4.69) is 20.8 Å². The molecule has 0 saturated carbocycles. The van der Waals surface area contributed by atoms with Crippen LogP contribution in [0.5, 0.6) is 0 Å². The zero-order valence-corrected chi connectivity index (χ0v) is 14.6. The molecule has 122 valence electrons. The van der Waals surface area contributed by atoms with Crippen LogP contribution in [0.2, 0.25) is 5.02 Å². The maximum Gasteiger partial charge on any atom is 0.222 e. The minimum Gasteiger partial charge on any atom is -0.332 e. The van der Waals surface area contributed by atoms with Crippen LogP contribution in [-0.4, -0.2) is 26.0 Å². The molecule has 0 aliphatic rings. The van der Waals surface area contributed by atoms with E-state index in [1.54, 1.807) is 0 Å². The molecule has 1 amide bonds. The summed E-state index contributed by atoms with van der Waals surface area (Å²) in [6.07, 6.45) is 0. The van der Waals surface area contributed by atoms with Crippen LogP contribution in [0.4, 0.5) is 5.69 Å². The second-order valence-corrected chi connectivity index (χ2v) is 6.08. The van der Waals surface area contributed by atoms with E-state index < -0.39 is 0 Å². The van der Waals surface area contributed by atoms with Gasteiger partial charge in [-0.2, -0.15) is 4.80 Å². The summed E-state index contributed by atoms with van der Waals surface area (Å²) in [7, 11) is 0. The molecule has 6 nitrogen and oxygen atoms in total. The van der Waals surface area contributed by atoms with Crippen molar-refractivity contribution in [1.29, 1.82) is 0 Å². The molecule has 2 aromatic carbocycles. The minimum atomic E-state index is -0.226. The van der Waals surface area contributed by atoms with Crippen molar-refractivity contribution in [2.24, 2.45) is 0 Å². The number of nitrogens with zero attached hydrogens (tertiary/aromatic N) is 3. The third kappa shape index (κ3) is 3.52. The van der Waals surface area contributed by atoms with Crippen molar-refractivity contribution in [3.05, 3.63) is 47.0 Å². The summed E-state index contributed by atoms with van der Waals surface area (Å²) in [5.41, 5.74) is 3.93. The molecule has 0 atom stereocenters. The Morgan fingerprint density at radius 1 is 1.17 bits per heavy atom. The summed E-state index contributed by atoms with van der Waals surface area (Å²) in [6, 6.07) is 11.1. The van der Waals surface area contributed by atoms with E-state index in [0.29, 0.717) is 10.5 Å². The fourth-order valence-electron chi connectivity index (χ4n) is 2.14. The lowest BCUT2D eigenvalue weighted by Gasteiger charge is -2.07. The van der Waals surface area contributed by atoms with Gasteiger partial charge in [-0.05, 0) is 55.0 Å². The average molecular weight is 360 g/mol. The average Bonchev–Trinajstić information content (AvgIpc) is 2.92. The highest BCUT2D eigenvalue weighted by Gasteiger charge is 2.08. The van der Waals surface area contributed by atoms with Gasteiger partial charge in [0.1, 0.15) is 11.0 Å². The van der Waals surface area contributed by atoms with E-state index in [1.807, 2.05) is 43.3 Å². The van der Waals surface area contributed by atoms with E-state index in [0.717, 1.165) is 22.5 Å². The summed E-state index contributed by atoms with van der Waals surface area (Å²) >= 11 is 11.2. The van der Waals surface area contributed by atoms with Crippen LogP contribution in [0, 0.1) is 6.92 Å². The van der Waals surface area contributed by atoms with Crippen molar-refractivity contribution in [2.45, 2.75) is 13.8 Å². The SMILES string of the molecule is CC(=O)NC(=S)Nc1ccc2nn(-c3ccc(C)c(Cl)c3)nc2c1. The van der Waals surface area contributed by atoms with Crippen molar-refractivity contribution in [3.8, 4) is 5.69 Å².